The van der Waals surface area contributed by atoms with Gasteiger partial charge in [0.1, 0.15) is 5.75 Å². The Bertz CT molecular complexity index is 1080. The van der Waals surface area contributed by atoms with Crippen molar-refractivity contribution in [3.8, 4) is 5.75 Å². The number of benzene rings is 2. The summed E-state index contributed by atoms with van der Waals surface area (Å²) in [5.74, 6) is -0.355. The van der Waals surface area contributed by atoms with Gasteiger partial charge in [0.2, 0.25) is 0 Å². The monoisotopic (exact) mass is 427 g/mol. The van der Waals surface area contributed by atoms with Gasteiger partial charge in [-0.05, 0) is 41.8 Å². The molecular formula is C22H18ClNO4S. The zero-order chi connectivity index (χ0) is 20.6. The Kier molecular flexibility index (Phi) is 5.17. The summed E-state index contributed by atoms with van der Waals surface area (Å²) in [6.07, 6.45) is -0.382. The number of ketones is 1. The summed E-state index contributed by atoms with van der Waals surface area (Å²) in [5, 5.41) is 13.7. The highest BCUT2D eigenvalue weighted by molar-refractivity contribution is 7.09. The molecule has 1 unspecified atom stereocenters. The number of ether oxygens (including phenoxy) is 1. The van der Waals surface area contributed by atoms with Crippen LogP contribution in [0.3, 0.4) is 0 Å². The largest absolute Gasteiger partial charge is 0.497 e. The minimum absolute atomic E-state index is 0.320. The molecule has 2 heterocycles. The first-order chi connectivity index (χ1) is 13.9. The quantitative estimate of drug-likeness (QED) is 0.591. The molecule has 1 amide bonds. The average Bonchev–Trinajstić information content (AvgIpc) is 3.30. The molecule has 1 aromatic heterocycles. The fourth-order valence-corrected chi connectivity index (χ4v) is 4.40. The van der Waals surface area contributed by atoms with Crippen molar-refractivity contribution >= 4 is 40.3 Å². The molecule has 5 nitrogen and oxygen atoms in total. The van der Waals surface area contributed by atoms with Crippen molar-refractivity contribution in [2.75, 3.05) is 12.0 Å². The Labute approximate surface area is 177 Å². The standard InChI is InChI=1S/C22H18ClNO4S/c1-28-16-5-2-4-14(10-16)20(25)12-22(27)18-11-15(23)7-8-19(18)24(21(22)26)13-17-6-3-9-29-17/h2-11,27H,12-13H2,1H3. The Hall–Kier alpha value is -2.67. The van der Waals surface area contributed by atoms with Crippen molar-refractivity contribution in [1.82, 2.24) is 0 Å². The average molecular weight is 428 g/mol. The minimum atomic E-state index is -1.97. The zero-order valence-electron chi connectivity index (χ0n) is 15.6. The van der Waals surface area contributed by atoms with Gasteiger partial charge in [-0.1, -0.05) is 29.8 Å². The molecular weight excluding hydrogens is 410 g/mol. The highest BCUT2D eigenvalue weighted by Gasteiger charge is 2.51. The maximum atomic E-state index is 13.3. The molecule has 148 valence electrons. The van der Waals surface area contributed by atoms with Gasteiger partial charge in [0.25, 0.3) is 5.91 Å². The van der Waals surface area contributed by atoms with Crippen LogP contribution in [0, 0.1) is 0 Å². The highest BCUT2D eigenvalue weighted by Crippen LogP contribution is 2.45. The Morgan fingerprint density at radius 1 is 1.21 bits per heavy atom. The second-order valence-corrected chi connectivity index (χ2v) is 8.29. The van der Waals surface area contributed by atoms with Gasteiger partial charge in [-0.2, -0.15) is 0 Å². The summed E-state index contributed by atoms with van der Waals surface area (Å²) >= 11 is 7.66. The Morgan fingerprint density at radius 2 is 2.03 bits per heavy atom. The molecule has 1 N–H and O–H groups in total. The van der Waals surface area contributed by atoms with Crippen LogP contribution in [0.2, 0.25) is 5.02 Å². The summed E-state index contributed by atoms with van der Waals surface area (Å²) in [6, 6.07) is 15.4. The number of halogens is 1. The van der Waals surface area contributed by atoms with E-state index < -0.39 is 11.5 Å². The fraction of sp³-hybridized carbons (Fsp3) is 0.182. The first kappa shape index (κ1) is 19.6. The van der Waals surface area contributed by atoms with Crippen LogP contribution in [-0.4, -0.2) is 23.9 Å². The van der Waals surface area contributed by atoms with Crippen molar-refractivity contribution in [1.29, 1.82) is 0 Å². The molecule has 1 atom stereocenters. The van der Waals surface area contributed by atoms with E-state index in [1.807, 2.05) is 17.5 Å². The number of aliphatic hydroxyl groups is 1. The van der Waals surface area contributed by atoms with E-state index in [0.717, 1.165) is 4.88 Å². The number of methoxy groups -OCH3 is 1. The lowest BCUT2D eigenvalue weighted by Crippen LogP contribution is -2.41. The molecule has 0 spiro atoms. The summed E-state index contributed by atoms with van der Waals surface area (Å²) in [6.45, 7) is 0.320. The molecule has 1 aliphatic rings. The molecule has 29 heavy (non-hydrogen) atoms. The van der Waals surface area contributed by atoms with Crippen LogP contribution in [-0.2, 0) is 16.9 Å². The molecule has 0 aliphatic carbocycles. The number of Topliss-reactive ketones (excluding diaryl/α,β-unsaturated/α-hetero) is 1. The lowest BCUT2D eigenvalue weighted by molar-refractivity contribution is -0.136. The van der Waals surface area contributed by atoms with Crippen molar-refractivity contribution in [2.24, 2.45) is 0 Å². The molecule has 2 aromatic carbocycles. The molecule has 0 fully saturated rings. The number of hydrogen-bond donors (Lipinski definition) is 1. The number of amides is 1. The summed E-state index contributed by atoms with van der Waals surface area (Å²) in [4.78, 5) is 28.7. The van der Waals surface area contributed by atoms with Crippen LogP contribution in [0.1, 0.15) is 27.2 Å². The topological polar surface area (TPSA) is 66.8 Å². The van der Waals surface area contributed by atoms with Crippen LogP contribution in [0.4, 0.5) is 5.69 Å². The predicted molar refractivity (Wildman–Crippen MR) is 113 cm³/mol. The Morgan fingerprint density at radius 3 is 2.76 bits per heavy atom. The van der Waals surface area contributed by atoms with Gasteiger partial charge >= 0.3 is 0 Å². The normalized spacial score (nSPS) is 18.0. The minimum Gasteiger partial charge on any atom is -0.497 e. The molecule has 0 radical (unpaired) electrons. The van der Waals surface area contributed by atoms with E-state index in [1.54, 1.807) is 42.5 Å². The van der Waals surface area contributed by atoms with E-state index in [4.69, 9.17) is 16.3 Å². The van der Waals surface area contributed by atoms with E-state index in [-0.39, 0.29) is 12.2 Å². The number of anilines is 1. The summed E-state index contributed by atoms with van der Waals surface area (Å²) < 4.78 is 5.16. The van der Waals surface area contributed by atoms with Crippen molar-refractivity contribution < 1.29 is 19.4 Å². The van der Waals surface area contributed by atoms with Crippen molar-refractivity contribution in [3.63, 3.8) is 0 Å². The lowest BCUT2D eigenvalue weighted by atomic mass is 9.88. The van der Waals surface area contributed by atoms with Crippen LogP contribution in [0.15, 0.2) is 60.0 Å². The predicted octanol–water partition coefficient (Wildman–Crippen LogP) is 4.42. The molecule has 0 saturated carbocycles. The molecule has 0 saturated heterocycles. The van der Waals surface area contributed by atoms with Gasteiger partial charge in [0, 0.05) is 21.0 Å². The molecule has 3 aromatic rings. The second-order valence-electron chi connectivity index (χ2n) is 6.82. The molecule has 0 bridgehead atoms. The highest BCUT2D eigenvalue weighted by atomic mass is 35.5. The number of carbonyl (C=O) groups excluding carboxylic acids is 2. The molecule has 4 rings (SSSR count). The smallest absolute Gasteiger partial charge is 0.264 e. The van der Waals surface area contributed by atoms with Crippen LogP contribution < -0.4 is 9.64 Å². The number of carbonyl (C=O) groups is 2. The molecule has 7 heteroatoms. The van der Waals surface area contributed by atoms with E-state index in [1.165, 1.54) is 23.3 Å². The van der Waals surface area contributed by atoms with E-state index in [0.29, 0.717) is 34.1 Å². The first-order valence-electron chi connectivity index (χ1n) is 8.96. The third kappa shape index (κ3) is 3.55. The van der Waals surface area contributed by atoms with Gasteiger partial charge in [-0.3, -0.25) is 9.59 Å². The number of fused-ring (bicyclic) bond motifs is 1. The maximum absolute atomic E-state index is 13.3. The third-order valence-electron chi connectivity index (χ3n) is 5.00. The van der Waals surface area contributed by atoms with Gasteiger partial charge in [0.15, 0.2) is 11.4 Å². The van der Waals surface area contributed by atoms with Crippen LogP contribution in [0.25, 0.3) is 0 Å². The lowest BCUT2D eigenvalue weighted by Gasteiger charge is -2.22. The first-order valence-corrected chi connectivity index (χ1v) is 10.2. The van der Waals surface area contributed by atoms with Crippen LogP contribution >= 0.6 is 22.9 Å². The van der Waals surface area contributed by atoms with E-state index in [9.17, 15) is 14.7 Å². The number of thiophene rings is 1. The van der Waals surface area contributed by atoms with Crippen LogP contribution in [0.5, 0.6) is 5.75 Å². The van der Waals surface area contributed by atoms with Gasteiger partial charge in [0.05, 0.1) is 25.8 Å². The van der Waals surface area contributed by atoms with Crippen molar-refractivity contribution in [3.05, 3.63) is 81.0 Å². The number of nitrogens with zero attached hydrogens (tertiary/aromatic N) is 1. The summed E-state index contributed by atoms with van der Waals surface area (Å²) in [5.41, 5.74) is -0.695. The Balaban J connectivity index is 1.70. The summed E-state index contributed by atoms with van der Waals surface area (Å²) in [7, 11) is 1.51. The SMILES string of the molecule is COc1cccc(C(=O)CC2(O)C(=O)N(Cc3cccs3)c3ccc(Cl)cc32)c1. The van der Waals surface area contributed by atoms with Crippen molar-refractivity contribution in [2.45, 2.75) is 18.6 Å². The molecule has 1 aliphatic heterocycles. The van der Waals surface area contributed by atoms with E-state index in [2.05, 4.69) is 0 Å². The van der Waals surface area contributed by atoms with Gasteiger partial charge in [-0.25, -0.2) is 0 Å². The fourth-order valence-electron chi connectivity index (χ4n) is 3.54. The second kappa shape index (κ2) is 7.63. The third-order valence-corrected chi connectivity index (χ3v) is 6.09. The van der Waals surface area contributed by atoms with Gasteiger partial charge in [-0.15, -0.1) is 11.3 Å². The number of hydrogen-bond acceptors (Lipinski definition) is 5. The zero-order valence-corrected chi connectivity index (χ0v) is 17.2. The van der Waals surface area contributed by atoms with Gasteiger partial charge < -0.3 is 14.7 Å². The van der Waals surface area contributed by atoms with E-state index >= 15 is 0 Å². The maximum Gasteiger partial charge on any atom is 0.264 e. The number of rotatable bonds is 6.